The number of hydrogen-bond donors (Lipinski definition) is 2. The predicted octanol–water partition coefficient (Wildman–Crippen LogP) is 1.71. The standard InChI is InChI=1S/C16H10N4O3S/c17-5-8-3-9-12(18)14(24-16(9)20-15(8)19)13(21)7-1-2-10-11(4-7)23-6-22-10/h1-4H,6,18H2,(H2,19,20)/p+1. The molecule has 4 rings (SSSR count). The number of nitrogens with one attached hydrogen (secondary N) is 1. The lowest BCUT2D eigenvalue weighted by Gasteiger charge is -2.01. The number of ketones is 1. The number of aromatic nitrogens is 1. The van der Waals surface area contributed by atoms with Crippen molar-refractivity contribution in [3.05, 3.63) is 40.3 Å². The summed E-state index contributed by atoms with van der Waals surface area (Å²) in [5, 5.41) is 9.68. The van der Waals surface area contributed by atoms with Gasteiger partial charge in [0.25, 0.3) is 5.82 Å². The molecule has 1 aromatic carbocycles. The average molecular weight is 339 g/mol. The first kappa shape index (κ1) is 14.3. The molecule has 0 atom stereocenters. The number of nitrogen functional groups attached to an aromatic ring is 2. The summed E-state index contributed by atoms with van der Waals surface area (Å²) in [6.07, 6.45) is 0. The van der Waals surface area contributed by atoms with Crippen LogP contribution in [0.3, 0.4) is 0 Å². The van der Waals surface area contributed by atoms with Gasteiger partial charge in [-0.05, 0) is 24.3 Å². The number of fused-ring (bicyclic) bond motifs is 2. The largest absolute Gasteiger partial charge is 0.454 e. The van der Waals surface area contributed by atoms with E-state index < -0.39 is 0 Å². The lowest BCUT2D eigenvalue weighted by molar-refractivity contribution is -0.323. The zero-order chi connectivity index (χ0) is 16.8. The third-order valence-electron chi connectivity index (χ3n) is 3.77. The number of anilines is 2. The van der Waals surface area contributed by atoms with E-state index in [0.717, 1.165) is 0 Å². The third-order valence-corrected chi connectivity index (χ3v) is 4.91. The fourth-order valence-electron chi connectivity index (χ4n) is 2.53. The number of benzene rings is 1. The average Bonchev–Trinajstić information content (AvgIpc) is 3.17. The minimum atomic E-state index is -0.225. The molecule has 0 bridgehead atoms. The van der Waals surface area contributed by atoms with Crippen LogP contribution in [0.2, 0.25) is 0 Å². The minimum absolute atomic E-state index is 0.142. The molecule has 0 amide bonds. The van der Waals surface area contributed by atoms with Gasteiger partial charge in [-0.25, -0.2) is 4.98 Å². The van der Waals surface area contributed by atoms with Gasteiger partial charge < -0.3 is 15.2 Å². The molecule has 8 heteroatoms. The Kier molecular flexibility index (Phi) is 3.04. The summed E-state index contributed by atoms with van der Waals surface area (Å²) in [7, 11) is 0. The molecule has 1 aliphatic rings. The summed E-state index contributed by atoms with van der Waals surface area (Å²) >= 11 is 1.20. The number of carbonyl (C=O) groups excluding carboxylic acids is 1. The zero-order valence-corrected chi connectivity index (χ0v) is 13.1. The Balaban J connectivity index is 1.83. The normalized spacial score (nSPS) is 12.3. The Morgan fingerprint density at radius 1 is 1.25 bits per heavy atom. The van der Waals surface area contributed by atoms with Crippen molar-refractivity contribution in [3.8, 4) is 17.6 Å². The second-order valence-corrected chi connectivity index (χ2v) is 6.21. The summed E-state index contributed by atoms with van der Waals surface area (Å²) in [4.78, 5) is 16.7. The zero-order valence-electron chi connectivity index (χ0n) is 12.3. The first-order valence-corrected chi connectivity index (χ1v) is 7.78. The Morgan fingerprint density at radius 3 is 2.83 bits per heavy atom. The molecule has 0 saturated heterocycles. The number of pyridine rings is 1. The molecule has 0 unspecified atom stereocenters. The fraction of sp³-hybridized carbons (Fsp3) is 0.0625. The van der Waals surface area contributed by atoms with Gasteiger partial charge in [0.05, 0.1) is 11.1 Å². The van der Waals surface area contributed by atoms with Crippen LogP contribution in [0.15, 0.2) is 24.3 Å². The van der Waals surface area contributed by atoms with Gasteiger partial charge in [0.1, 0.15) is 16.5 Å². The van der Waals surface area contributed by atoms with E-state index in [2.05, 4.69) is 4.98 Å². The number of nitriles is 1. The van der Waals surface area contributed by atoms with Crippen LogP contribution in [0.1, 0.15) is 20.8 Å². The molecule has 3 heterocycles. The van der Waals surface area contributed by atoms with E-state index in [0.29, 0.717) is 37.8 Å². The van der Waals surface area contributed by atoms with Crippen LogP contribution in [0.5, 0.6) is 11.5 Å². The maximum Gasteiger partial charge on any atom is 0.289 e. The predicted molar refractivity (Wildman–Crippen MR) is 87.9 cm³/mol. The van der Waals surface area contributed by atoms with Gasteiger partial charge in [0.2, 0.25) is 12.6 Å². The number of hydrogen-bond acceptors (Lipinski definition) is 7. The van der Waals surface area contributed by atoms with Gasteiger partial charge in [-0.2, -0.15) is 5.26 Å². The molecule has 0 saturated carbocycles. The second-order valence-electron chi connectivity index (χ2n) is 5.19. The van der Waals surface area contributed by atoms with Crippen molar-refractivity contribution in [1.29, 1.82) is 5.26 Å². The van der Waals surface area contributed by atoms with Gasteiger partial charge in [-0.15, -0.1) is 0 Å². The van der Waals surface area contributed by atoms with E-state index >= 15 is 0 Å². The molecule has 5 N–H and O–H groups in total. The van der Waals surface area contributed by atoms with Crippen molar-refractivity contribution in [2.75, 3.05) is 18.3 Å². The van der Waals surface area contributed by atoms with Gasteiger partial charge in [-0.3, -0.25) is 10.5 Å². The first-order chi connectivity index (χ1) is 11.6. The number of H-pyrrole nitrogens is 1. The van der Waals surface area contributed by atoms with Crippen molar-refractivity contribution < 1.29 is 19.3 Å². The summed E-state index contributed by atoms with van der Waals surface area (Å²) in [6, 6.07) is 8.57. The Morgan fingerprint density at radius 2 is 2.04 bits per heavy atom. The summed E-state index contributed by atoms with van der Waals surface area (Å²) in [6.45, 7) is 0.142. The fourth-order valence-corrected chi connectivity index (χ4v) is 3.61. The van der Waals surface area contributed by atoms with Crippen molar-refractivity contribution >= 4 is 38.8 Å². The number of carbonyl (C=O) groups is 1. The Bertz CT molecular complexity index is 1050. The van der Waals surface area contributed by atoms with Crippen molar-refractivity contribution in [2.45, 2.75) is 0 Å². The SMILES string of the molecule is N#Cc1cc2c(N)c(C(=O)c3ccc4c(c3)OCO4)sc2[nH+]c1N. The highest BCUT2D eigenvalue weighted by Crippen LogP contribution is 2.37. The molecule has 0 spiro atoms. The van der Waals surface area contributed by atoms with Crippen molar-refractivity contribution in [1.82, 2.24) is 0 Å². The van der Waals surface area contributed by atoms with Gasteiger partial charge >= 0.3 is 0 Å². The lowest BCUT2D eigenvalue weighted by Crippen LogP contribution is -2.11. The van der Waals surface area contributed by atoms with E-state index in [1.807, 2.05) is 6.07 Å². The molecule has 0 fully saturated rings. The summed E-state index contributed by atoms with van der Waals surface area (Å²) in [5.74, 6) is 1.16. The van der Waals surface area contributed by atoms with E-state index in [4.69, 9.17) is 26.2 Å². The van der Waals surface area contributed by atoms with Crippen LogP contribution in [0.4, 0.5) is 11.5 Å². The topological polar surface area (TPSA) is 126 Å². The van der Waals surface area contributed by atoms with Gasteiger partial charge in [-0.1, -0.05) is 11.3 Å². The molecule has 0 aliphatic carbocycles. The smallest absolute Gasteiger partial charge is 0.289 e. The minimum Gasteiger partial charge on any atom is -0.454 e. The summed E-state index contributed by atoms with van der Waals surface area (Å²) in [5.41, 5.74) is 13.0. The van der Waals surface area contributed by atoms with E-state index in [9.17, 15) is 4.79 Å². The molecule has 2 aromatic heterocycles. The molecular weight excluding hydrogens is 328 g/mol. The third kappa shape index (κ3) is 2.03. The molecule has 7 nitrogen and oxygen atoms in total. The number of ether oxygens (including phenoxy) is 2. The molecular formula is C16H11N4O3S+. The Hall–Kier alpha value is -3.31. The van der Waals surface area contributed by atoms with Crippen LogP contribution >= 0.6 is 11.3 Å². The number of aromatic amines is 1. The van der Waals surface area contributed by atoms with Crippen LogP contribution in [0.25, 0.3) is 10.2 Å². The van der Waals surface area contributed by atoms with Crippen LogP contribution in [-0.4, -0.2) is 12.6 Å². The molecule has 0 radical (unpaired) electrons. The van der Waals surface area contributed by atoms with E-state index in [1.165, 1.54) is 11.3 Å². The Labute approximate surface area is 140 Å². The van der Waals surface area contributed by atoms with E-state index in [-0.39, 0.29) is 24.0 Å². The van der Waals surface area contributed by atoms with Gasteiger partial charge in [0, 0.05) is 5.56 Å². The second kappa shape index (κ2) is 5.11. The molecule has 1 aliphatic heterocycles. The highest BCUT2D eigenvalue weighted by molar-refractivity contribution is 7.21. The summed E-state index contributed by atoms with van der Waals surface area (Å²) < 4.78 is 10.5. The maximum absolute atomic E-state index is 12.8. The molecule has 3 aromatic rings. The quantitative estimate of drug-likeness (QED) is 0.685. The number of thiophene rings is 1. The number of nitrogens with two attached hydrogens (primary N) is 2. The number of nitrogens with zero attached hydrogens (tertiary/aromatic N) is 1. The van der Waals surface area contributed by atoms with E-state index in [1.54, 1.807) is 24.3 Å². The van der Waals surface area contributed by atoms with Crippen molar-refractivity contribution in [3.63, 3.8) is 0 Å². The first-order valence-electron chi connectivity index (χ1n) is 6.96. The van der Waals surface area contributed by atoms with Gasteiger partial charge in [0.15, 0.2) is 16.3 Å². The van der Waals surface area contributed by atoms with Crippen LogP contribution in [0, 0.1) is 11.3 Å². The highest BCUT2D eigenvalue weighted by atomic mass is 32.1. The highest BCUT2D eigenvalue weighted by Gasteiger charge is 2.23. The maximum atomic E-state index is 12.8. The van der Waals surface area contributed by atoms with Crippen LogP contribution in [-0.2, 0) is 0 Å². The lowest BCUT2D eigenvalue weighted by atomic mass is 10.1. The van der Waals surface area contributed by atoms with Crippen LogP contribution < -0.4 is 25.9 Å². The molecule has 24 heavy (non-hydrogen) atoms. The number of rotatable bonds is 2. The monoisotopic (exact) mass is 339 g/mol. The molecule has 118 valence electrons. The van der Waals surface area contributed by atoms with Crippen molar-refractivity contribution in [2.24, 2.45) is 0 Å².